The summed E-state index contributed by atoms with van der Waals surface area (Å²) in [5.74, 6) is -0.241. The number of hydrogen-bond donors (Lipinski definition) is 3. The third kappa shape index (κ3) is 3.95. The normalized spacial score (nSPS) is 14.2. The third-order valence-electron chi connectivity index (χ3n) is 5.79. The molecular formula is C24H26N4O4. The Hall–Kier alpha value is -3.68. The van der Waals surface area contributed by atoms with Gasteiger partial charge >= 0.3 is 0 Å². The Bertz CT molecular complexity index is 1240. The van der Waals surface area contributed by atoms with Crippen molar-refractivity contribution in [3.8, 4) is 5.75 Å². The Balaban J connectivity index is 1.60. The van der Waals surface area contributed by atoms with E-state index in [1.165, 1.54) is 35.6 Å². The quantitative estimate of drug-likeness (QED) is 0.467. The van der Waals surface area contributed by atoms with Crippen LogP contribution in [0, 0.1) is 0 Å². The first-order valence-corrected chi connectivity index (χ1v) is 10.7. The van der Waals surface area contributed by atoms with E-state index < -0.39 is 16.8 Å². The van der Waals surface area contributed by atoms with Crippen LogP contribution >= 0.6 is 0 Å². The Labute approximate surface area is 185 Å². The highest BCUT2D eigenvalue weighted by atomic mass is 16.3. The van der Waals surface area contributed by atoms with Crippen LogP contribution in [-0.4, -0.2) is 35.0 Å². The van der Waals surface area contributed by atoms with Gasteiger partial charge in [0.25, 0.3) is 16.8 Å². The molecule has 0 radical (unpaired) electrons. The van der Waals surface area contributed by atoms with Gasteiger partial charge in [-0.1, -0.05) is 31.2 Å². The molecule has 1 heterocycles. The van der Waals surface area contributed by atoms with Crippen LogP contribution in [0.15, 0.2) is 46.1 Å². The number of nitrogens with zero attached hydrogens (tertiary/aromatic N) is 2. The molecule has 4 rings (SSSR count). The fourth-order valence-electron chi connectivity index (χ4n) is 3.75. The largest absolute Gasteiger partial charge is 0.504 e. The van der Waals surface area contributed by atoms with Crippen LogP contribution < -0.4 is 21.5 Å². The van der Waals surface area contributed by atoms with Gasteiger partial charge in [-0.15, -0.1) is 0 Å². The van der Waals surface area contributed by atoms with Gasteiger partial charge in [-0.05, 0) is 42.4 Å². The molecule has 2 aromatic carbocycles. The first-order valence-electron chi connectivity index (χ1n) is 10.7. The van der Waals surface area contributed by atoms with E-state index >= 15 is 0 Å². The number of hydrogen-bond acceptors (Lipinski definition) is 7. The van der Waals surface area contributed by atoms with Gasteiger partial charge in [-0.25, -0.2) is 4.98 Å². The summed E-state index contributed by atoms with van der Waals surface area (Å²) in [5, 5.41) is 16.5. The second-order valence-electron chi connectivity index (χ2n) is 8.34. The van der Waals surface area contributed by atoms with Crippen LogP contribution in [0.1, 0.15) is 59.8 Å². The van der Waals surface area contributed by atoms with Gasteiger partial charge in [0.15, 0.2) is 11.4 Å². The van der Waals surface area contributed by atoms with Crippen LogP contribution in [0.5, 0.6) is 5.75 Å². The number of pyridine rings is 1. The monoisotopic (exact) mass is 434 g/mol. The molecule has 1 unspecified atom stereocenters. The molecule has 1 saturated carbocycles. The molecular weight excluding hydrogens is 408 g/mol. The fourth-order valence-corrected chi connectivity index (χ4v) is 3.75. The summed E-state index contributed by atoms with van der Waals surface area (Å²) in [7, 11) is 3.09. The van der Waals surface area contributed by atoms with Crippen LogP contribution in [0.25, 0.3) is 0 Å². The number of amides is 1. The van der Waals surface area contributed by atoms with Crippen molar-refractivity contribution in [3.63, 3.8) is 0 Å². The second kappa shape index (κ2) is 8.45. The molecule has 0 aliphatic heterocycles. The Kier molecular flexibility index (Phi) is 5.69. The molecule has 1 aliphatic rings. The maximum Gasteiger partial charge on any atom is 0.275 e. The Morgan fingerprint density at radius 3 is 2.56 bits per heavy atom. The average Bonchev–Trinajstić information content (AvgIpc) is 3.64. The highest BCUT2D eigenvalue weighted by Crippen LogP contribution is 2.41. The number of benzene rings is 1. The van der Waals surface area contributed by atoms with Crippen LogP contribution in [0.3, 0.4) is 0 Å². The lowest BCUT2D eigenvalue weighted by atomic mass is 9.99. The first kappa shape index (κ1) is 21.5. The molecule has 32 heavy (non-hydrogen) atoms. The van der Waals surface area contributed by atoms with Gasteiger partial charge in [0.05, 0.1) is 11.7 Å². The summed E-state index contributed by atoms with van der Waals surface area (Å²) in [6, 6.07) is 9.61. The predicted octanol–water partition coefficient (Wildman–Crippen LogP) is 3.27. The summed E-state index contributed by atoms with van der Waals surface area (Å²) in [6.45, 7) is 2.01. The minimum Gasteiger partial charge on any atom is -0.504 e. The molecule has 0 spiro atoms. The van der Waals surface area contributed by atoms with Crippen molar-refractivity contribution < 1.29 is 9.90 Å². The third-order valence-corrected chi connectivity index (χ3v) is 5.79. The van der Waals surface area contributed by atoms with Gasteiger partial charge < -0.3 is 20.6 Å². The van der Waals surface area contributed by atoms with Crippen molar-refractivity contribution in [3.05, 3.63) is 73.8 Å². The number of nitrogens with one attached hydrogen (secondary N) is 2. The lowest BCUT2D eigenvalue weighted by Crippen LogP contribution is -2.37. The smallest absolute Gasteiger partial charge is 0.275 e. The van der Waals surface area contributed by atoms with E-state index in [2.05, 4.69) is 27.8 Å². The molecule has 0 saturated heterocycles. The summed E-state index contributed by atoms with van der Waals surface area (Å²) >= 11 is 0. The first-order chi connectivity index (χ1) is 15.3. The second-order valence-corrected chi connectivity index (χ2v) is 8.34. The highest BCUT2D eigenvalue weighted by Gasteiger charge is 2.27. The number of carbonyl (C=O) groups is 1. The average molecular weight is 434 g/mol. The maximum absolute atomic E-state index is 12.3. The zero-order valence-corrected chi connectivity index (χ0v) is 18.3. The minimum atomic E-state index is -0.675. The number of aromatic nitrogens is 1. The van der Waals surface area contributed by atoms with E-state index in [1.54, 1.807) is 14.1 Å². The molecule has 1 atom stereocenters. The van der Waals surface area contributed by atoms with Crippen molar-refractivity contribution in [2.75, 3.05) is 24.7 Å². The van der Waals surface area contributed by atoms with Crippen molar-refractivity contribution in [1.82, 2.24) is 9.88 Å². The molecule has 1 amide bonds. The van der Waals surface area contributed by atoms with Gasteiger partial charge in [-0.3, -0.25) is 14.4 Å². The molecule has 1 aliphatic carbocycles. The van der Waals surface area contributed by atoms with E-state index in [9.17, 15) is 19.5 Å². The van der Waals surface area contributed by atoms with E-state index in [1.807, 2.05) is 19.1 Å². The van der Waals surface area contributed by atoms with Crippen molar-refractivity contribution >= 4 is 23.0 Å². The Morgan fingerprint density at radius 2 is 1.91 bits per heavy atom. The minimum absolute atomic E-state index is 0.0662. The lowest BCUT2D eigenvalue weighted by Gasteiger charge is -2.23. The predicted molar refractivity (Wildman–Crippen MR) is 124 cm³/mol. The maximum atomic E-state index is 12.3. The van der Waals surface area contributed by atoms with E-state index in [0.717, 1.165) is 5.56 Å². The van der Waals surface area contributed by atoms with Crippen LogP contribution in [0.4, 0.5) is 17.1 Å². The van der Waals surface area contributed by atoms with Gasteiger partial charge in [0.2, 0.25) is 0 Å². The molecule has 8 heteroatoms. The molecule has 166 valence electrons. The highest BCUT2D eigenvalue weighted by molar-refractivity contribution is 5.97. The molecule has 1 fully saturated rings. The fraction of sp³-hybridized carbons (Fsp3) is 0.333. The van der Waals surface area contributed by atoms with E-state index in [-0.39, 0.29) is 34.5 Å². The number of anilines is 3. The summed E-state index contributed by atoms with van der Waals surface area (Å²) in [4.78, 5) is 42.1. The molecule has 3 aromatic rings. The van der Waals surface area contributed by atoms with Crippen molar-refractivity contribution in [2.45, 2.75) is 38.1 Å². The van der Waals surface area contributed by atoms with E-state index in [4.69, 9.17) is 0 Å². The topological polar surface area (TPSA) is 112 Å². The number of rotatable bonds is 8. The summed E-state index contributed by atoms with van der Waals surface area (Å²) in [6.07, 6.45) is 4.48. The lowest BCUT2D eigenvalue weighted by molar-refractivity contribution is 0.0819. The van der Waals surface area contributed by atoms with Crippen molar-refractivity contribution in [2.24, 2.45) is 0 Å². The van der Waals surface area contributed by atoms with Gasteiger partial charge in [-0.2, -0.15) is 0 Å². The number of carbonyl (C=O) groups excluding carboxylic acids is 1. The molecule has 0 bridgehead atoms. The van der Waals surface area contributed by atoms with Crippen LogP contribution in [-0.2, 0) is 0 Å². The van der Waals surface area contributed by atoms with Gasteiger partial charge in [0, 0.05) is 20.3 Å². The standard InChI is InChI=1S/C24H26N4O4/c1-4-16(15-7-5-6-14(12-15)13-8-9-13)26-18-19(23(31)22(18)30)27-17-10-11-25-20(21(17)29)24(32)28(2)3/h5-7,10-13,16,26,29H,4,8-9H2,1-3H3,(H,25,27). The van der Waals surface area contributed by atoms with Gasteiger partial charge in [0.1, 0.15) is 11.4 Å². The van der Waals surface area contributed by atoms with E-state index in [0.29, 0.717) is 12.3 Å². The molecule has 8 nitrogen and oxygen atoms in total. The van der Waals surface area contributed by atoms with Crippen LogP contribution in [0.2, 0.25) is 0 Å². The molecule has 3 N–H and O–H groups in total. The SMILES string of the molecule is CCC(Nc1c(Nc2ccnc(C(=O)N(C)C)c2O)c(=O)c1=O)c1cccc(C2CC2)c1. The van der Waals surface area contributed by atoms with Crippen molar-refractivity contribution in [1.29, 1.82) is 0 Å². The zero-order valence-electron chi connectivity index (χ0n) is 18.3. The number of aromatic hydroxyl groups is 1. The zero-order chi connectivity index (χ0) is 23.0. The molecule has 1 aromatic heterocycles. The Morgan fingerprint density at radius 1 is 1.19 bits per heavy atom. The summed E-state index contributed by atoms with van der Waals surface area (Å²) < 4.78 is 0. The summed E-state index contributed by atoms with van der Waals surface area (Å²) in [5.41, 5.74) is 1.30.